The standard InChI is InChI=1S/C18H15N5O4S2/c1-10(24)12-6-7-16(15(8-12)23(26)27)28-18-22-21-17(29-18)20-14-5-3-4-13(9-14)19-11(2)25/h3-9H,1-2H3,(H,19,25)(H,20,21). The summed E-state index contributed by atoms with van der Waals surface area (Å²) in [4.78, 5) is 33.8. The Labute approximate surface area is 173 Å². The van der Waals surface area contributed by atoms with Gasteiger partial charge in [0.15, 0.2) is 10.1 Å². The van der Waals surface area contributed by atoms with Gasteiger partial charge in [-0.3, -0.25) is 19.7 Å². The lowest BCUT2D eigenvalue weighted by Gasteiger charge is -2.05. The van der Waals surface area contributed by atoms with Crippen LogP contribution in [0.1, 0.15) is 24.2 Å². The molecule has 0 aliphatic carbocycles. The minimum atomic E-state index is -0.525. The molecule has 1 amide bonds. The van der Waals surface area contributed by atoms with Crippen molar-refractivity contribution in [3.63, 3.8) is 0 Å². The van der Waals surface area contributed by atoms with Crippen LogP contribution in [0.15, 0.2) is 51.7 Å². The molecule has 29 heavy (non-hydrogen) atoms. The van der Waals surface area contributed by atoms with E-state index in [2.05, 4.69) is 20.8 Å². The normalized spacial score (nSPS) is 10.4. The van der Waals surface area contributed by atoms with Gasteiger partial charge >= 0.3 is 0 Å². The van der Waals surface area contributed by atoms with Crippen molar-refractivity contribution in [1.29, 1.82) is 0 Å². The van der Waals surface area contributed by atoms with Crippen molar-refractivity contribution < 1.29 is 14.5 Å². The van der Waals surface area contributed by atoms with Crippen molar-refractivity contribution in [3.05, 3.63) is 58.1 Å². The van der Waals surface area contributed by atoms with E-state index in [9.17, 15) is 19.7 Å². The number of rotatable bonds is 7. The number of ketones is 1. The summed E-state index contributed by atoms with van der Waals surface area (Å²) in [6.45, 7) is 2.78. The Morgan fingerprint density at radius 2 is 1.86 bits per heavy atom. The van der Waals surface area contributed by atoms with Gasteiger partial charge in [0.05, 0.1) is 9.82 Å². The summed E-state index contributed by atoms with van der Waals surface area (Å²) in [6, 6.07) is 11.4. The predicted molar refractivity (Wildman–Crippen MR) is 111 cm³/mol. The van der Waals surface area contributed by atoms with Crippen molar-refractivity contribution in [1.82, 2.24) is 10.2 Å². The maximum Gasteiger partial charge on any atom is 0.284 e. The third-order valence-electron chi connectivity index (χ3n) is 3.60. The minimum Gasteiger partial charge on any atom is -0.330 e. The summed E-state index contributed by atoms with van der Waals surface area (Å²) in [6.07, 6.45) is 0. The van der Waals surface area contributed by atoms with Crippen molar-refractivity contribution in [3.8, 4) is 0 Å². The first-order valence-corrected chi connectivity index (χ1v) is 9.90. The fourth-order valence-corrected chi connectivity index (χ4v) is 4.18. The summed E-state index contributed by atoms with van der Waals surface area (Å²) in [5, 5.41) is 25.7. The first-order chi connectivity index (χ1) is 13.8. The summed E-state index contributed by atoms with van der Waals surface area (Å²) >= 11 is 2.33. The second kappa shape index (κ2) is 8.80. The number of aromatic nitrogens is 2. The molecule has 0 radical (unpaired) electrons. The molecule has 0 spiro atoms. The molecule has 148 valence electrons. The lowest BCUT2D eigenvalue weighted by atomic mass is 10.1. The molecule has 3 rings (SSSR count). The van der Waals surface area contributed by atoms with Gasteiger partial charge in [0.2, 0.25) is 11.0 Å². The van der Waals surface area contributed by atoms with E-state index >= 15 is 0 Å². The fourth-order valence-electron chi connectivity index (χ4n) is 2.36. The second-order valence-electron chi connectivity index (χ2n) is 5.86. The lowest BCUT2D eigenvalue weighted by Crippen LogP contribution is -2.05. The molecule has 0 aliphatic heterocycles. The van der Waals surface area contributed by atoms with Gasteiger partial charge in [0, 0.05) is 29.9 Å². The van der Waals surface area contributed by atoms with Crippen LogP contribution in [0.5, 0.6) is 0 Å². The number of carbonyl (C=O) groups is 2. The highest BCUT2D eigenvalue weighted by molar-refractivity contribution is 8.01. The molecule has 11 heteroatoms. The summed E-state index contributed by atoms with van der Waals surface area (Å²) in [5.74, 6) is -0.414. The highest BCUT2D eigenvalue weighted by atomic mass is 32.2. The molecule has 2 N–H and O–H groups in total. The molecular weight excluding hydrogens is 414 g/mol. The number of nitrogens with zero attached hydrogens (tertiary/aromatic N) is 3. The first-order valence-electron chi connectivity index (χ1n) is 8.27. The zero-order valence-corrected chi connectivity index (χ0v) is 17.0. The van der Waals surface area contributed by atoms with Crippen LogP contribution >= 0.6 is 23.1 Å². The molecule has 0 saturated heterocycles. The molecule has 3 aromatic rings. The number of anilines is 3. The second-order valence-corrected chi connectivity index (χ2v) is 8.12. The number of nitro benzene ring substituents is 1. The number of hydrogen-bond acceptors (Lipinski definition) is 9. The monoisotopic (exact) mass is 429 g/mol. The van der Waals surface area contributed by atoms with Gasteiger partial charge in [-0.05, 0) is 49.0 Å². The van der Waals surface area contributed by atoms with Crippen LogP contribution in [-0.4, -0.2) is 26.8 Å². The van der Waals surface area contributed by atoms with Crippen molar-refractivity contribution in [2.45, 2.75) is 23.1 Å². The molecule has 0 bridgehead atoms. The smallest absolute Gasteiger partial charge is 0.284 e. The maximum absolute atomic E-state index is 11.5. The highest BCUT2D eigenvalue weighted by Gasteiger charge is 2.19. The Morgan fingerprint density at radius 3 is 2.55 bits per heavy atom. The first kappa shape index (κ1) is 20.4. The van der Waals surface area contributed by atoms with E-state index in [1.54, 1.807) is 24.3 Å². The van der Waals surface area contributed by atoms with Crippen molar-refractivity contribution >= 4 is 57.0 Å². The van der Waals surface area contributed by atoms with E-state index in [4.69, 9.17) is 0 Å². The molecule has 9 nitrogen and oxygen atoms in total. The summed E-state index contributed by atoms with van der Waals surface area (Å²) < 4.78 is 0.504. The summed E-state index contributed by atoms with van der Waals surface area (Å²) in [7, 11) is 0. The zero-order chi connectivity index (χ0) is 21.0. The number of benzene rings is 2. The van der Waals surface area contributed by atoms with Crippen LogP contribution in [0, 0.1) is 10.1 Å². The molecule has 0 fully saturated rings. The molecule has 1 aromatic heterocycles. The van der Waals surface area contributed by atoms with Gasteiger partial charge in [-0.2, -0.15) is 0 Å². The van der Waals surface area contributed by atoms with Crippen LogP contribution in [0.4, 0.5) is 22.2 Å². The van der Waals surface area contributed by atoms with Crippen LogP contribution in [-0.2, 0) is 4.79 Å². The van der Waals surface area contributed by atoms with Gasteiger partial charge in [-0.15, -0.1) is 10.2 Å². The fraction of sp³-hybridized carbons (Fsp3) is 0.111. The Morgan fingerprint density at radius 1 is 1.10 bits per heavy atom. The molecule has 0 atom stereocenters. The Bertz CT molecular complexity index is 1100. The van der Waals surface area contributed by atoms with E-state index < -0.39 is 4.92 Å². The average Bonchev–Trinajstić information content (AvgIpc) is 3.08. The number of nitrogens with one attached hydrogen (secondary N) is 2. The lowest BCUT2D eigenvalue weighted by molar-refractivity contribution is -0.387. The predicted octanol–water partition coefficient (Wildman–Crippen LogP) is 4.50. The van der Waals surface area contributed by atoms with Crippen LogP contribution in [0.3, 0.4) is 0 Å². The molecular formula is C18H15N5O4S2. The van der Waals surface area contributed by atoms with Crippen LogP contribution < -0.4 is 10.6 Å². The Kier molecular flexibility index (Phi) is 6.20. The van der Waals surface area contributed by atoms with Gasteiger partial charge < -0.3 is 10.6 Å². The molecule has 0 unspecified atom stereocenters. The molecule has 2 aromatic carbocycles. The molecule has 0 saturated carbocycles. The Hall–Kier alpha value is -3.31. The van der Waals surface area contributed by atoms with Crippen molar-refractivity contribution in [2.24, 2.45) is 0 Å². The van der Waals surface area contributed by atoms with E-state index in [0.29, 0.717) is 25.7 Å². The van der Waals surface area contributed by atoms with Gasteiger partial charge in [0.1, 0.15) is 0 Å². The Balaban J connectivity index is 1.77. The van der Waals surface area contributed by atoms with Crippen molar-refractivity contribution in [2.75, 3.05) is 10.6 Å². The largest absolute Gasteiger partial charge is 0.330 e. The van der Waals surface area contributed by atoms with E-state index in [1.165, 1.54) is 37.3 Å². The van der Waals surface area contributed by atoms with Gasteiger partial charge in [-0.25, -0.2) is 0 Å². The average molecular weight is 429 g/mol. The molecule has 1 heterocycles. The van der Waals surface area contributed by atoms with Crippen LogP contribution in [0.2, 0.25) is 0 Å². The van der Waals surface area contributed by atoms with Gasteiger partial charge in [-0.1, -0.05) is 17.4 Å². The highest BCUT2D eigenvalue weighted by Crippen LogP contribution is 2.38. The SMILES string of the molecule is CC(=O)Nc1cccc(Nc2nnc(Sc3ccc(C(C)=O)cc3[N+](=O)[O-])s2)c1. The minimum absolute atomic E-state index is 0.157. The molecule has 0 aliphatic rings. The number of amides is 1. The van der Waals surface area contributed by atoms with E-state index in [-0.39, 0.29) is 22.9 Å². The summed E-state index contributed by atoms with van der Waals surface area (Å²) in [5.41, 5.74) is 1.47. The zero-order valence-electron chi connectivity index (χ0n) is 15.3. The number of carbonyl (C=O) groups excluding carboxylic acids is 2. The third-order valence-corrected chi connectivity index (χ3v) is 5.55. The third kappa shape index (κ3) is 5.36. The van der Waals surface area contributed by atoms with Gasteiger partial charge in [0.25, 0.3) is 5.69 Å². The van der Waals surface area contributed by atoms with Crippen LogP contribution in [0.25, 0.3) is 0 Å². The number of Topliss-reactive ketones (excluding diaryl/α,β-unsaturated/α-hetero) is 1. The quantitative estimate of drug-likeness (QED) is 0.319. The van der Waals surface area contributed by atoms with E-state index in [0.717, 1.165) is 11.8 Å². The van der Waals surface area contributed by atoms with E-state index in [1.807, 2.05) is 6.07 Å². The maximum atomic E-state index is 11.5. The number of nitro groups is 1. The topological polar surface area (TPSA) is 127 Å². The number of hydrogen-bond donors (Lipinski definition) is 2.